The third kappa shape index (κ3) is 1.94. The highest BCUT2D eigenvalue weighted by Crippen LogP contribution is 2.12. The SMILES string of the molecule is CN1CCC(N(C)CBr)C1. The van der Waals surface area contributed by atoms with E-state index in [1.54, 1.807) is 0 Å². The van der Waals surface area contributed by atoms with Crippen LogP contribution < -0.4 is 0 Å². The number of likely N-dealkylation sites (N-methyl/N-ethyl adjacent to an activating group) is 2. The first kappa shape index (κ1) is 8.50. The van der Waals surface area contributed by atoms with Crippen molar-refractivity contribution in [1.29, 1.82) is 0 Å². The van der Waals surface area contributed by atoms with Gasteiger partial charge in [0.05, 0.1) is 5.45 Å². The Morgan fingerprint density at radius 2 is 2.40 bits per heavy atom. The second kappa shape index (κ2) is 3.69. The first-order chi connectivity index (χ1) is 4.74. The number of hydrogen-bond donors (Lipinski definition) is 0. The minimum Gasteiger partial charge on any atom is -0.305 e. The maximum Gasteiger partial charge on any atom is 0.0542 e. The van der Waals surface area contributed by atoms with Crippen molar-refractivity contribution in [2.24, 2.45) is 0 Å². The van der Waals surface area contributed by atoms with Gasteiger partial charge < -0.3 is 4.90 Å². The summed E-state index contributed by atoms with van der Waals surface area (Å²) in [7, 11) is 4.35. The fraction of sp³-hybridized carbons (Fsp3) is 1.00. The van der Waals surface area contributed by atoms with E-state index in [9.17, 15) is 0 Å². The van der Waals surface area contributed by atoms with Gasteiger partial charge in [-0.25, -0.2) is 0 Å². The third-order valence-electron chi connectivity index (χ3n) is 2.18. The molecule has 60 valence electrons. The Kier molecular flexibility index (Phi) is 3.14. The van der Waals surface area contributed by atoms with Gasteiger partial charge in [0.2, 0.25) is 0 Å². The Morgan fingerprint density at radius 1 is 1.70 bits per heavy atom. The predicted molar refractivity (Wildman–Crippen MR) is 47.5 cm³/mol. The van der Waals surface area contributed by atoms with Gasteiger partial charge in [0, 0.05) is 12.6 Å². The van der Waals surface area contributed by atoms with Gasteiger partial charge in [0.15, 0.2) is 0 Å². The van der Waals surface area contributed by atoms with E-state index in [0.29, 0.717) is 0 Å². The van der Waals surface area contributed by atoms with Gasteiger partial charge in [0.25, 0.3) is 0 Å². The average molecular weight is 207 g/mol. The number of likely N-dealkylation sites (tertiary alicyclic amines) is 1. The van der Waals surface area contributed by atoms with Crippen LogP contribution in [0.1, 0.15) is 6.42 Å². The molecule has 1 fully saturated rings. The van der Waals surface area contributed by atoms with Crippen LogP contribution in [0.5, 0.6) is 0 Å². The smallest absolute Gasteiger partial charge is 0.0542 e. The molecule has 1 unspecified atom stereocenters. The zero-order valence-corrected chi connectivity index (χ0v) is 8.26. The van der Waals surface area contributed by atoms with Gasteiger partial charge in [-0.15, -0.1) is 0 Å². The Bertz CT molecular complexity index is 108. The summed E-state index contributed by atoms with van der Waals surface area (Å²) < 4.78 is 0. The van der Waals surface area contributed by atoms with Crippen LogP contribution in [0.25, 0.3) is 0 Å². The molecule has 0 aromatic rings. The van der Waals surface area contributed by atoms with Gasteiger partial charge in [-0.1, -0.05) is 15.9 Å². The molecule has 0 bridgehead atoms. The lowest BCUT2D eigenvalue weighted by Crippen LogP contribution is -2.32. The summed E-state index contributed by atoms with van der Waals surface area (Å²) in [6.45, 7) is 2.48. The van der Waals surface area contributed by atoms with Crippen LogP contribution in [0.2, 0.25) is 0 Å². The van der Waals surface area contributed by atoms with Crippen molar-refractivity contribution in [3.8, 4) is 0 Å². The molecule has 0 aromatic carbocycles. The van der Waals surface area contributed by atoms with E-state index in [0.717, 1.165) is 11.5 Å². The van der Waals surface area contributed by atoms with E-state index in [1.807, 2.05) is 0 Å². The first-order valence-corrected chi connectivity index (χ1v) is 4.81. The number of halogens is 1. The molecule has 0 radical (unpaired) electrons. The van der Waals surface area contributed by atoms with Crippen molar-refractivity contribution >= 4 is 15.9 Å². The van der Waals surface area contributed by atoms with E-state index < -0.39 is 0 Å². The average Bonchev–Trinajstić information content (AvgIpc) is 2.34. The van der Waals surface area contributed by atoms with Crippen LogP contribution in [0.4, 0.5) is 0 Å². The summed E-state index contributed by atoms with van der Waals surface area (Å²) in [6.07, 6.45) is 1.32. The summed E-state index contributed by atoms with van der Waals surface area (Å²) >= 11 is 3.45. The molecular formula is C7H15BrN2. The van der Waals surface area contributed by atoms with E-state index in [2.05, 4.69) is 39.8 Å². The predicted octanol–water partition coefficient (Wildman–Crippen LogP) is 0.975. The van der Waals surface area contributed by atoms with Gasteiger partial charge in [0.1, 0.15) is 0 Å². The molecule has 0 aromatic heterocycles. The van der Waals surface area contributed by atoms with E-state index >= 15 is 0 Å². The Morgan fingerprint density at radius 3 is 2.80 bits per heavy atom. The van der Waals surface area contributed by atoms with Gasteiger partial charge >= 0.3 is 0 Å². The van der Waals surface area contributed by atoms with Crippen molar-refractivity contribution < 1.29 is 0 Å². The van der Waals surface area contributed by atoms with Crippen LogP contribution in [-0.4, -0.2) is 48.5 Å². The van der Waals surface area contributed by atoms with Crippen LogP contribution in [0.15, 0.2) is 0 Å². The van der Waals surface area contributed by atoms with Crippen LogP contribution in [0.3, 0.4) is 0 Å². The van der Waals surface area contributed by atoms with E-state index in [1.165, 1.54) is 19.5 Å². The zero-order chi connectivity index (χ0) is 7.56. The molecule has 0 amide bonds. The molecule has 1 heterocycles. The normalized spacial score (nSPS) is 28.2. The number of rotatable bonds is 2. The standard InChI is InChI=1S/C7H15BrN2/c1-9-4-3-7(5-9)10(2)6-8/h7H,3-6H2,1-2H3. The number of alkyl halides is 1. The molecule has 1 saturated heterocycles. The van der Waals surface area contributed by atoms with Gasteiger partial charge in [-0.2, -0.15) is 0 Å². The van der Waals surface area contributed by atoms with Crippen LogP contribution >= 0.6 is 15.9 Å². The monoisotopic (exact) mass is 206 g/mol. The number of hydrogen-bond acceptors (Lipinski definition) is 2. The highest BCUT2D eigenvalue weighted by molar-refractivity contribution is 9.09. The molecule has 0 saturated carbocycles. The highest BCUT2D eigenvalue weighted by Gasteiger charge is 2.21. The van der Waals surface area contributed by atoms with Crippen molar-refractivity contribution in [3.63, 3.8) is 0 Å². The maximum absolute atomic E-state index is 3.45. The quantitative estimate of drug-likeness (QED) is 0.491. The van der Waals surface area contributed by atoms with Crippen molar-refractivity contribution in [2.45, 2.75) is 12.5 Å². The molecule has 1 atom stereocenters. The molecule has 0 aliphatic carbocycles. The van der Waals surface area contributed by atoms with E-state index in [-0.39, 0.29) is 0 Å². The molecule has 0 spiro atoms. The summed E-state index contributed by atoms with van der Waals surface area (Å²) in [4.78, 5) is 4.73. The van der Waals surface area contributed by atoms with Gasteiger partial charge in [-0.3, -0.25) is 4.90 Å². The zero-order valence-electron chi connectivity index (χ0n) is 6.68. The van der Waals surface area contributed by atoms with E-state index in [4.69, 9.17) is 0 Å². The second-order valence-corrected chi connectivity index (χ2v) is 3.58. The largest absolute Gasteiger partial charge is 0.305 e. The Labute approximate surface area is 71.3 Å². The molecule has 10 heavy (non-hydrogen) atoms. The minimum absolute atomic E-state index is 0.768. The lowest BCUT2D eigenvalue weighted by Gasteiger charge is -2.20. The summed E-state index contributed by atoms with van der Waals surface area (Å²) in [5.74, 6) is 0. The lowest BCUT2D eigenvalue weighted by atomic mass is 10.2. The minimum atomic E-state index is 0.768. The summed E-state index contributed by atoms with van der Waals surface area (Å²) in [5.41, 5.74) is 0.992. The summed E-state index contributed by atoms with van der Waals surface area (Å²) in [5, 5.41) is 0. The molecule has 1 aliphatic rings. The fourth-order valence-electron chi connectivity index (χ4n) is 1.37. The lowest BCUT2D eigenvalue weighted by molar-refractivity contribution is 0.281. The number of nitrogens with zero attached hydrogens (tertiary/aromatic N) is 2. The maximum atomic E-state index is 3.45. The van der Waals surface area contributed by atoms with Gasteiger partial charge in [-0.05, 0) is 27.1 Å². The molecule has 0 N–H and O–H groups in total. The molecule has 1 rings (SSSR count). The summed E-state index contributed by atoms with van der Waals surface area (Å²) in [6, 6.07) is 0.768. The third-order valence-corrected chi connectivity index (χ3v) is 2.97. The molecular weight excluding hydrogens is 192 g/mol. The first-order valence-electron chi connectivity index (χ1n) is 3.69. The van der Waals surface area contributed by atoms with Crippen LogP contribution in [-0.2, 0) is 0 Å². The van der Waals surface area contributed by atoms with Crippen molar-refractivity contribution in [3.05, 3.63) is 0 Å². The topological polar surface area (TPSA) is 6.48 Å². The molecule has 3 heteroatoms. The molecule has 2 nitrogen and oxygen atoms in total. The fourth-order valence-corrected chi connectivity index (χ4v) is 1.78. The van der Waals surface area contributed by atoms with Crippen molar-refractivity contribution in [1.82, 2.24) is 9.80 Å². The molecule has 1 aliphatic heterocycles. The Balaban J connectivity index is 2.29. The second-order valence-electron chi connectivity index (χ2n) is 3.08. The Hall–Kier alpha value is 0.400. The van der Waals surface area contributed by atoms with Crippen molar-refractivity contribution in [2.75, 3.05) is 32.6 Å². The highest BCUT2D eigenvalue weighted by atomic mass is 79.9. The van der Waals surface area contributed by atoms with Crippen LogP contribution in [0, 0.1) is 0 Å².